The number of hydrogen-bond donors (Lipinski definition) is 2. The molecule has 1 atom stereocenters. The topological polar surface area (TPSA) is 92.5 Å². The summed E-state index contributed by atoms with van der Waals surface area (Å²) in [5, 5.41) is 22.3. The van der Waals surface area contributed by atoms with Crippen molar-refractivity contribution in [2.24, 2.45) is 0 Å². The van der Waals surface area contributed by atoms with Crippen molar-refractivity contribution in [2.45, 2.75) is 32.7 Å². The maximum Gasteiger partial charge on any atom is 0.303 e. The molecule has 0 aromatic heterocycles. The highest BCUT2D eigenvalue weighted by atomic mass is 16.6. The van der Waals surface area contributed by atoms with Crippen molar-refractivity contribution in [2.75, 3.05) is 5.32 Å². The average molecular weight is 252 g/mol. The van der Waals surface area contributed by atoms with Gasteiger partial charge in [0.1, 0.15) is 0 Å². The number of aryl methyl sites for hydroxylation is 1. The molecule has 1 aromatic rings. The summed E-state index contributed by atoms with van der Waals surface area (Å²) in [6.45, 7) is 3.69. The highest BCUT2D eigenvalue weighted by Gasteiger charge is 2.11. The Hall–Kier alpha value is -2.11. The van der Waals surface area contributed by atoms with Crippen molar-refractivity contribution in [3.63, 3.8) is 0 Å². The van der Waals surface area contributed by atoms with E-state index < -0.39 is 10.9 Å². The number of nitro groups is 1. The van der Waals surface area contributed by atoms with Gasteiger partial charge in [-0.15, -0.1) is 0 Å². The molecule has 1 rings (SSSR count). The van der Waals surface area contributed by atoms with Crippen LogP contribution in [0, 0.1) is 17.0 Å². The zero-order valence-electron chi connectivity index (χ0n) is 10.3. The Bertz CT molecular complexity index is 459. The maximum absolute atomic E-state index is 10.7. The first-order valence-corrected chi connectivity index (χ1v) is 5.63. The molecule has 0 radical (unpaired) electrons. The number of non-ortho nitro benzene ring substituents is 1. The SMILES string of the molecule is Cc1ccc([N+](=O)[O-])cc1NC(C)CCC(=O)O. The molecule has 1 aromatic carbocycles. The van der Waals surface area contributed by atoms with Crippen LogP contribution < -0.4 is 5.32 Å². The molecule has 0 amide bonds. The Morgan fingerprint density at radius 2 is 2.22 bits per heavy atom. The Morgan fingerprint density at radius 3 is 2.78 bits per heavy atom. The van der Waals surface area contributed by atoms with Gasteiger partial charge in [-0.1, -0.05) is 6.07 Å². The summed E-state index contributed by atoms with van der Waals surface area (Å²) in [6.07, 6.45) is 0.541. The molecule has 0 heterocycles. The van der Waals surface area contributed by atoms with Crippen molar-refractivity contribution in [3.05, 3.63) is 33.9 Å². The second-order valence-corrected chi connectivity index (χ2v) is 4.23. The maximum atomic E-state index is 10.7. The predicted octanol–water partition coefficient (Wildman–Crippen LogP) is 2.57. The van der Waals surface area contributed by atoms with Crippen LogP contribution in [0.15, 0.2) is 18.2 Å². The van der Waals surface area contributed by atoms with Gasteiger partial charge in [0.25, 0.3) is 5.69 Å². The largest absolute Gasteiger partial charge is 0.481 e. The zero-order chi connectivity index (χ0) is 13.7. The highest BCUT2D eigenvalue weighted by molar-refractivity contribution is 5.66. The third kappa shape index (κ3) is 4.04. The van der Waals surface area contributed by atoms with Crippen molar-refractivity contribution in [3.8, 4) is 0 Å². The molecular formula is C12H16N2O4. The molecule has 0 aliphatic heterocycles. The number of carboxylic acid groups (broad SMARTS) is 1. The van der Waals surface area contributed by atoms with Crippen molar-refractivity contribution in [1.82, 2.24) is 0 Å². The Kier molecular flexibility index (Phi) is 4.65. The number of nitrogens with zero attached hydrogens (tertiary/aromatic N) is 1. The van der Waals surface area contributed by atoms with Crippen LogP contribution >= 0.6 is 0 Å². The molecule has 2 N–H and O–H groups in total. The average Bonchev–Trinajstić information content (AvgIpc) is 2.29. The van der Waals surface area contributed by atoms with E-state index in [9.17, 15) is 14.9 Å². The molecule has 6 nitrogen and oxygen atoms in total. The fourth-order valence-electron chi connectivity index (χ4n) is 1.56. The molecule has 0 aliphatic rings. The molecule has 0 aliphatic carbocycles. The Morgan fingerprint density at radius 1 is 1.56 bits per heavy atom. The molecule has 18 heavy (non-hydrogen) atoms. The van der Waals surface area contributed by atoms with Crippen LogP contribution in [-0.2, 0) is 4.79 Å². The third-order valence-corrected chi connectivity index (χ3v) is 2.63. The number of anilines is 1. The standard InChI is InChI=1S/C12H16N2O4/c1-8-3-5-10(14(17)18)7-11(8)13-9(2)4-6-12(15)16/h3,5,7,9,13H,4,6H2,1-2H3,(H,15,16). The number of benzene rings is 1. The number of hydrogen-bond acceptors (Lipinski definition) is 4. The first-order chi connectivity index (χ1) is 8.40. The fraction of sp³-hybridized carbons (Fsp3) is 0.417. The molecule has 0 fully saturated rings. The van der Waals surface area contributed by atoms with Gasteiger partial charge >= 0.3 is 5.97 Å². The van der Waals surface area contributed by atoms with E-state index in [0.717, 1.165) is 5.56 Å². The summed E-state index contributed by atoms with van der Waals surface area (Å²) >= 11 is 0. The lowest BCUT2D eigenvalue weighted by Gasteiger charge is -2.15. The van der Waals surface area contributed by atoms with Crippen LogP contribution in [0.25, 0.3) is 0 Å². The van der Waals surface area contributed by atoms with Gasteiger partial charge in [0, 0.05) is 30.3 Å². The fourth-order valence-corrected chi connectivity index (χ4v) is 1.56. The van der Waals surface area contributed by atoms with Gasteiger partial charge in [-0.3, -0.25) is 14.9 Å². The lowest BCUT2D eigenvalue weighted by Crippen LogP contribution is -2.17. The van der Waals surface area contributed by atoms with Crippen LogP contribution in [0.5, 0.6) is 0 Å². The lowest BCUT2D eigenvalue weighted by molar-refractivity contribution is -0.384. The van der Waals surface area contributed by atoms with Gasteiger partial charge in [-0.2, -0.15) is 0 Å². The summed E-state index contributed by atoms with van der Waals surface area (Å²) < 4.78 is 0. The monoisotopic (exact) mass is 252 g/mol. The summed E-state index contributed by atoms with van der Waals surface area (Å²) in [6, 6.07) is 4.53. The van der Waals surface area contributed by atoms with E-state index in [1.165, 1.54) is 12.1 Å². The summed E-state index contributed by atoms with van der Waals surface area (Å²) in [4.78, 5) is 20.7. The van der Waals surface area contributed by atoms with Crippen LogP contribution in [0.2, 0.25) is 0 Å². The van der Waals surface area contributed by atoms with Crippen molar-refractivity contribution in [1.29, 1.82) is 0 Å². The summed E-state index contributed by atoms with van der Waals surface area (Å²) in [7, 11) is 0. The smallest absolute Gasteiger partial charge is 0.303 e. The number of carbonyl (C=O) groups is 1. The summed E-state index contributed by atoms with van der Waals surface area (Å²) in [5.74, 6) is -0.848. The molecule has 0 spiro atoms. The second kappa shape index (κ2) is 6.00. The van der Waals surface area contributed by atoms with E-state index >= 15 is 0 Å². The number of rotatable bonds is 6. The van der Waals surface area contributed by atoms with Crippen LogP contribution in [0.1, 0.15) is 25.3 Å². The molecule has 6 heteroatoms. The number of nitrogens with one attached hydrogen (secondary N) is 1. The van der Waals surface area contributed by atoms with Gasteiger partial charge in [0.2, 0.25) is 0 Å². The van der Waals surface area contributed by atoms with E-state index in [-0.39, 0.29) is 18.2 Å². The molecule has 0 bridgehead atoms. The number of nitro benzene ring substituents is 1. The second-order valence-electron chi connectivity index (χ2n) is 4.23. The molecule has 0 saturated heterocycles. The van der Waals surface area contributed by atoms with Gasteiger partial charge in [-0.25, -0.2) is 0 Å². The van der Waals surface area contributed by atoms with Gasteiger partial charge < -0.3 is 10.4 Å². The van der Waals surface area contributed by atoms with Crippen molar-refractivity contribution >= 4 is 17.3 Å². The first-order valence-electron chi connectivity index (χ1n) is 5.63. The van der Waals surface area contributed by atoms with Crippen LogP contribution in [0.4, 0.5) is 11.4 Å². The minimum atomic E-state index is -0.848. The Balaban J connectivity index is 2.73. The van der Waals surface area contributed by atoms with E-state index in [0.29, 0.717) is 12.1 Å². The highest BCUT2D eigenvalue weighted by Crippen LogP contribution is 2.23. The van der Waals surface area contributed by atoms with Crippen LogP contribution in [0.3, 0.4) is 0 Å². The van der Waals surface area contributed by atoms with E-state index in [1.54, 1.807) is 6.07 Å². The van der Waals surface area contributed by atoms with Crippen LogP contribution in [-0.4, -0.2) is 22.0 Å². The zero-order valence-corrected chi connectivity index (χ0v) is 10.3. The first kappa shape index (κ1) is 14.0. The van der Waals surface area contributed by atoms with Gasteiger partial charge in [-0.05, 0) is 25.8 Å². The quantitative estimate of drug-likeness (QED) is 0.599. The molecular weight excluding hydrogens is 236 g/mol. The lowest BCUT2D eigenvalue weighted by atomic mass is 10.1. The predicted molar refractivity (Wildman–Crippen MR) is 67.8 cm³/mol. The minimum Gasteiger partial charge on any atom is -0.481 e. The number of carboxylic acids is 1. The molecule has 0 saturated carbocycles. The molecule has 98 valence electrons. The number of aliphatic carboxylic acids is 1. The normalized spacial score (nSPS) is 11.9. The van der Waals surface area contributed by atoms with E-state index in [1.807, 2.05) is 13.8 Å². The van der Waals surface area contributed by atoms with E-state index in [4.69, 9.17) is 5.11 Å². The summed E-state index contributed by atoms with van der Waals surface area (Å²) in [5.41, 5.74) is 1.58. The van der Waals surface area contributed by atoms with E-state index in [2.05, 4.69) is 5.32 Å². The minimum absolute atomic E-state index is 0.0218. The Labute approximate surface area is 105 Å². The van der Waals surface area contributed by atoms with Gasteiger partial charge in [0.15, 0.2) is 0 Å². The van der Waals surface area contributed by atoms with Gasteiger partial charge in [0.05, 0.1) is 4.92 Å². The third-order valence-electron chi connectivity index (χ3n) is 2.63. The van der Waals surface area contributed by atoms with Crippen molar-refractivity contribution < 1.29 is 14.8 Å². The molecule has 1 unspecified atom stereocenters.